The normalized spacial score (nSPS) is 14.0. The molecule has 1 amide bonds. The number of nitrogens with one attached hydrogen (secondary N) is 2. The second kappa shape index (κ2) is 9.73. The second-order valence-corrected chi connectivity index (χ2v) is 8.36. The molecule has 0 atom stereocenters. The summed E-state index contributed by atoms with van der Waals surface area (Å²) in [6, 6.07) is 8.78. The van der Waals surface area contributed by atoms with Crippen LogP contribution in [0.3, 0.4) is 0 Å². The summed E-state index contributed by atoms with van der Waals surface area (Å²) in [6.07, 6.45) is 2.41. The number of fused-ring (bicyclic) bond motifs is 1. The van der Waals surface area contributed by atoms with E-state index in [1.54, 1.807) is 18.4 Å². The quantitative estimate of drug-likeness (QED) is 0.581. The number of amides is 1. The van der Waals surface area contributed by atoms with E-state index in [1.165, 1.54) is 27.1 Å². The van der Waals surface area contributed by atoms with Crippen LogP contribution in [0.4, 0.5) is 0 Å². The van der Waals surface area contributed by atoms with E-state index in [9.17, 15) is 4.79 Å². The Bertz CT molecular complexity index is 823. The smallest absolute Gasteiger partial charge is 0.224 e. The monoisotopic (exact) mass is 398 g/mol. The van der Waals surface area contributed by atoms with Gasteiger partial charge in [-0.3, -0.25) is 9.79 Å². The summed E-state index contributed by atoms with van der Waals surface area (Å²) in [4.78, 5) is 20.1. The molecule has 2 N–H and O–H groups in total. The van der Waals surface area contributed by atoms with Crippen molar-refractivity contribution in [2.24, 2.45) is 4.99 Å². The first kappa shape index (κ1) is 20.4. The van der Waals surface area contributed by atoms with Crippen molar-refractivity contribution >= 4 is 23.2 Å². The third kappa shape index (κ3) is 5.58. The van der Waals surface area contributed by atoms with Crippen molar-refractivity contribution in [1.82, 2.24) is 15.5 Å². The van der Waals surface area contributed by atoms with Crippen LogP contribution in [-0.2, 0) is 24.2 Å². The molecule has 0 saturated heterocycles. The first-order valence-corrected chi connectivity index (χ1v) is 10.8. The van der Waals surface area contributed by atoms with E-state index in [0.717, 1.165) is 38.4 Å². The molecule has 0 bridgehead atoms. The Kier molecular flexibility index (Phi) is 7.09. The average molecular weight is 399 g/mol. The fourth-order valence-corrected chi connectivity index (χ4v) is 4.56. The van der Waals surface area contributed by atoms with Crippen LogP contribution >= 0.6 is 11.3 Å². The molecule has 0 fully saturated rings. The van der Waals surface area contributed by atoms with Crippen molar-refractivity contribution in [3.8, 4) is 0 Å². The highest BCUT2D eigenvalue weighted by Crippen LogP contribution is 2.24. The molecule has 28 heavy (non-hydrogen) atoms. The maximum atomic E-state index is 12.5. The first-order valence-electron chi connectivity index (χ1n) is 9.90. The van der Waals surface area contributed by atoms with Crippen molar-refractivity contribution in [3.05, 3.63) is 56.8 Å². The Labute approximate surface area is 171 Å². The molecule has 6 heteroatoms. The number of hydrogen-bond acceptors (Lipinski definition) is 3. The largest absolute Gasteiger partial charge is 0.356 e. The van der Waals surface area contributed by atoms with E-state index in [-0.39, 0.29) is 5.91 Å². The number of carbonyl (C=O) groups excluding carboxylic acids is 1. The highest BCUT2D eigenvalue weighted by molar-refractivity contribution is 7.10. The number of hydrogen-bond donors (Lipinski definition) is 2. The van der Waals surface area contributed by atoms with Crippen LogP contribution in [0.15, 0.2) is 34.6 Å². The molecular formula is C22H30N4OS. The lowest BCUT2D eigenvalue weighted by Gasteiger charge is -2.27. The van der Waals surface area contributed by atoms with E-state index in [2.05, 4.69) is 59.1 Å². The van der Waals surface area contributed by atoms with Gasteiger partial charge in [-0.05, 0) is 49.3 Å². The summed E-state index contributed by atoms with van der Waals surface area (Å²) < 4.78 is 0. The lowest BCUT2D eigenvalue weighted by molar-refractivity contribution is -0.131. The van der Waals surface area contributed by atoms with Gasteiger partial charge in [0.2, 0.25) is 5.91 Å². The van der Waals surface area contributed by atoms with Gasteiger partial charge < -0.3 is 15.5 Å². The Hall–Kier alpha value is -2.34. The fourth-order valence-electron chi connectivity index (χ4n) is 3.67. The molecule has 0 spiro atoms. The van der Waals surface area contributed by atoms with Gasteiger partial charge in [0, 0.05) is 44.5 Å². The minimum Gasteiger partial charge on any atom is -0.356 e. The highest BCUT2D eigenvalue weighted by atomic mass is 32.1. The van der Waals surface area contributed by atoms with Crippen LogP contribution in [0.2, 0.25) is 0 Å². The van der Waals surface area contributed by atoms with Crippen molar-refractivity contribution in [2.75, 3.05) is 26.7 Å². The van der Waals surface area contributed by atoms with Gasteiger partial charge >= 0.3 is 0 Å². The van der Waals surface area contributed by atoms with Gasteiger partial charge in [-0.1, -0.05) is 29.3 Å². The summed E-state index contributed by atoms with van der Waals surface area (Å²) in [5.74, 6) is 0.950. The third-order valence-corrected chi connectivity index (χ3v) is 6.03. The Morgan fingerprint density at radius 2 is 1.93 bits per heavy atom. The van der Waals surface area contributed by atoms with Gasteiger partial charge in [-0.25, -0.2) is 0 Å². The SMILES string of the molecule is CN=C(NCCC(=O)N1CCc2sccc2C1)NCCc1cc(C)cc(C)c1. The average Bonchev–Trinajstić information content (AvgIpc) is 3.13. The molecule has 1 aliphatic heterocycles. The number of guanidine groups is 1. The molecule has 150 valence electrons. The van der Waals surface area contributed by atoms with Gasteiger partial charge in [0.1, 0.15) is 0 Å². The van der Waals surface area contributed by atoms with Crippen LogP contribution in [0.5, 0.6) is 0 Å². The van der Waals surface area contributed by atoms with E-state index < -0.39 is 0 Å². The van der Waals surface area contributed by atoms with Crippen molar-refractivity contribution < 1.29 is 4.79 Å². The van der Waals surface area contributed by atoms with Crippen molar-refractivity contribution in [1.29, 1.82) is 0 Å². The number of aryl methyl sites for hydroxylation is 2. The maximum Gasteiger partial charge on any atom is 0.224 e. The van der Waals surface area contributed by atoms with Gasteiger partial charge in [0.25, 0.3) is 0 Å². The molecule has 1 aliphatic rings. The summed E-state index contributed by atoms with van der Waals surface area (Å²) in [5.41, 5.74) is 5.22. The van der Waals surface area contributed by atoms with Crippen LogP contribution in [0, 0.1) is 13.8 Å². The molecule has 0 unspecified atom stereocenters. The molecule has 3 rings (SSSR count). The lowest BCUT2D eigenvalue weighted by atomic mass is 10.1. The molecular weight excluding hydrogens is 368 g/mol. The Balaban J connectivity index is 1.38. The van der Waals surface area contributed by atoms with Gasteiger partial charge in [0.15, 0.2) is 5.96 Å². The summed E-state index contributed by atoms with van der Waals surface area (Å²) in [5, 5.41) is 8.71. The molecule has 2 heterocycles. The van der Waals surface area contributed by atoms with E-state index in [1.807, 2.05) is 4.90 Å². The standard InChI is InChI=1S/C22H30N4OS/c1-16-12-17(2)14-18(13-16)4-8-24-22(23-3)25-9-5-21(27)26-10-6-20-19(15-26)7-11-28-20/h7,11-14H,4-6,8-10,15H2,1-3H3,(H2,23,24,25). The predicted octanol–water partition coefficient (Wildman–Crippen LogP) is 3.05. The summed E-state index contributed by atoms with van der Waals surface area (Å²) >= 11 is 1.80. The number of aliphatic imine (C=N–C) groups is 1. The van der Waals surface area contributed by atoms with E-state index >= 15 is 0 Å². The molecule has 1 aromatic heterocycles. The van der Waals surface area contributed by atoms with Crippen molar-refractivity contribution in [3.63, 3.8) is 0 Å². The van der Waals surface area contributed by atoms with Gasteiger partial charge in [-0.2, -0.15) is 0 Å². The Morgan fingerprint density at radius 3 is 2.68 bits per heavy atom. The lowest BCUT2D eigenvalue weighted by Crippen LogP contribution is -2.41. The van der Waals surface area contributed by atoms with Gasteiger partial charge in [0.05, 0.1) is 0 Å². The van der Waals surface area contributed by atoms with E-state index in [4.69, 9.17) is 0 Å². The zero-order chi connectivity index (χ0) is 19.9. The summed E-state index contributed by atoms with van der Waals surface area (Å²) in [6.45, 7) is 7.24. The van der Waals surface area contributed by atoms with Crippen LogP contribution in [-0.4, -0.2) is 43.4 Å². The second-order valence-electron chi connectivity index (χ2n) is 7.36. The molecule has 0 radical (unpaired) electrons. The van der Waals surface area contributed by atoms with Gasteiger partial charge in [-0.15, -0.1) is 11.3 Å². The summed E-state index contributed by atoms with van der Waals surface area (Å²) in [7, 11) is 1.76. The highest BCUT2D eigenvalue weighted by Gasteiger charge is 2.20. The van der Waals surface area contributed by atoms with Crippen LogP contribution in [0.1, 0.15) is 33.6 Å². The zero-order valence-electron chi connectivity index (χ0n) is 17.0. The first-order chi connectivity index (χ1) is 13.5. The fraction of sp³-hybridized carbons (Fsp3) is 0.455. The zero-order valence-corrected chi connectivity index (χ0v) is 17.9. The number of rotatable bonds is 6. The minimum absolute atomic E-state index is 0.204. The van der Waals surface area contributed by atoms with Crippen LogP contribution < -0.4 is 10.6 Å². The predicted molar refractivity (Wildman–Crippen MR) is 117 cm³/mol. The third-order valence-electron chi connectivity index (χ3n) is 5.00. The molecule has 0 aliphatic carbocycles. The van der Waals surface area contributed by atoms with Crippen LogP contribution in [0.25, 0.3) is 0 Å². The van der Waals surface area contributed by atoms with Crippen molar-refractivity contribution in [2.45, 2.75) is 39.7 Å². The number of benzene rings is 1. The molecule has 2 aromatic rings. The maximum absolute atomic E-state index is 12.5. The van der Waals surface area contributed by atoms with E-state index in [0.29, 0.717) is 13.0 Å². The number of carbonyl (C=O) groups is 1. The molecule has 0 saturated carbocycles. The molecule has 5 nitrogen and oxygen atoms in total. The topological polar surface area (TPSA) is 56.7 Å². The number of thiophene rings is 1. The Morgan fingerprint density at radius 1 is 1.18 bits per heavy atom. The minimum atomic E-state index is 0.204. The molecule has 1 aromatic carbocycles. The number of nitrogens with zero attached hydrogens (tertiary/aromatic N) is 2.